The van der Waals surface area contributed by atoms with Crippen molar-refractivity contribution in [3.8, 4) is 11.6 Å². The third kappa shape index (κ3) is 2.61. The molecule has 24 heavy (non-hydrogen) atoms. The highest BCUT2D eigenvalue weighted by atomic mass is 79.9. The lowest BCUT2D eigenvalue weighted by atomic mass is 10.1. The minimum absolute atomic E-state index is 0.0546. The number of fused-ring (bicyclic) bond motifs is 3. The van der Waals surface area contributed by atoms with Crippen molar-refractivity contribution >= 4 is 37.7 Å². The average Bonchev–Trinajstić information content (AvgIpc) is 2.92. The fourth-order valence-electron chi connectivity index (χ4n) is 3.01. The maximum Gasteiger partial charge on any atom is 0.221 e. The lowest BCUT2D eigenvalue weighted by molar-refractivity contribution is 0.414. The SMILES string of the molecule is COc1cccc(Cc2cc3[nH]c4cc(Br)ccc4c3c(O)n2)c1. The number of aromatic hydroxyl groups is 1. The summed E-state index contributed by atoms with van der Waals surface area (Å²) in [5, 5.41) is 12.1. The molecule has 120 valence electrons. The molecule has 2 heterocycles. The highest BCUT2D eigenvalue weighted by Crippen LogP contribution is 2.33. The molecule has 4 rings (SSSR count). The number of pyridine rings is 1. The third-order valence-electron chi connectivity index (χ3n) is 4.09. The first-order chi connectivity index (χ1) is 11.6. The fourth-order valence-corrected chi connectivity index (χ4v) is 3.37. The molecule has 0 saturated heterocycles. The van der Waals surface area contributed by atoms with E-state index in [9.17, 15) is 5.11 Å². The van der Waals surface area contributed by atoms with Gasteiger partial charge in [-0.25, -0.2) is 4.98 Å². The number of benzene rings is 2. The molecule has 4 nitrogen and oxygen atoms in total. The Bertz CT molecular complexity index is 1060. The number of nitrogens with zero attached hydrogens (tertiary/aromatic N) is 1. The van der Waals surface area contributed by atoms with Gasteiger partial charge in [0.2, 0.25) is 5.88 Å². The Morgan fingerprint density at radius 1 is 1.12 bits per heavy atom. The minimum Gasteiger partial charge on any atom is -0.497 e. The van der Waals surface area contributed by atoms with Crippen LogP contribution in [0.25, 0.3) is 21.8 Å². The molecule has 0 atom stereocenters. The first kappa shape index (κ1) is 15.0. The average molecular weight is 383 g/mol. The number of halogens is 1. The van der Waals surface area contributed by atoms with Crippen molar-refractivity contribution in [3.63, 3.8) is 0 Å². The molecule has 0 aliphatic carbocycles. The third-order valence-corrected chi connectivity index (χ3v) is 4.59. The quantitative estimate of drug-likeness (QED) is 0.535. The number of methoxy groups -OCH3 is 1. The lowest BCUT2D eigenvalue weighted by Gasteiger charge is -2.05. The van der Waals surface area contributed by atoms with Crippen molar-refractivity contribution in [1.29, 1.82) is 0 Å². The molecule has 0 aliphatic heterocycles. The number of ether oxygens (including phenoxy) is 1. The molecule has 2 aromatic heterocycles. The summed E-state index contributed by atoms with van der Waals surface area (Å²) in [6, 6.07) is 15.8. The fraction of sp³-hybridized carbons (Fsp3) is 0.105. The standard InChI is InChI=1S/C19H15BrN2O2/c1-24-14-4-2-3-11(8-14)7-13-10-17-18(19(23)21-13)15-6-5-12(20)9-16(15)22-17/h2-6,8-10,22H,7H2,1H3,(H,21,23). The van der Waals surface area contributed by atoms with E-state index in [-0.39, 0.29) is 5.88 Å². The number of hydrogen-bond donors (Lipinski definition) is 2. The van der Waals surface area contributed by atoms with Gasteiger partial charge in [0.1, 0.15) is 5.75 Å². The van der Waals surface area contributed by atoms with Crippen LogP contribution < -0.4 is 4.74 Å². The second-order valence-corrected chi connectivity index (χ2v) is 6.62. The van der Waals surface area contributed by atoms with Crippen LogP contribution in [-0.4, -0.2) is 22.2 Å². The van der Waals surface area contributed by atoms with E-state index in [1.807, 2.05) is 48.5 Å². The number of rotatable bonds is 3. The number of H-pyrrole nitrogens is 1. The van der Waals surface area contributed by atoms with E-state index in [1.165, 1.54) is 0 Å². The van der Waals surface area contributed by atoms with Gasteiger partial charge in [-0.3, -0.25) is 0 Å². The van der Waals surface area contributed by atoms with Gasteiger partial charge in [-0.15, -0.1) is 0 Å². The van der Waals surface area contributed by atoms with E-state index in [2.05, 4.69) is 25.9 Å². The molecule has 4 aromatic rings. The topological polar surface area (TPSA) is 58.1 Å². The number of aromatic nitrogens is 2. The summed E-state index contributed by atoms with van der Waals surface area (Å²) < 4.78 is 6.25. The zero-order valence-electron chi connectivity index (χ0n) is 13.0. The van der Waals surface area contributed by atoms with Crippen LogP contribution in [0.2, 0.25) is 0 Å². The molecular weight excluding hydrogens is 368 g/mol. The second kappa shape index (κ2) is 5.83. The van der Waals surface area contributed by atoms with Crippen molar-refractivity contribution in [3.05, 3.63) is 64.3 Å². The summed E-state index contributed by atoms with van der Waals surface area (Å²) in [6.45, 7) is 0. The van der Waals surface area contributed by atoms with Gasteiger partial charge in [-0.1, -0.05) is 34.1 Å². The molecule has 0 fully saturated rings. The summed E-state index contributed by atoms with van der Waals surface area (Å²) in [7, 11) is 1.65. The molecule has 0 radical (unpaired) electrons. The van der Waals surface area contributed by atoms with Crippen molar-refractivity contribution in [2.75, 3.05) is 7.11 Å². The van der Waals surface area contributed by atoms with E-state index in [0.29, 0.717) is 6.42 Å². The van der Waals surface area contributed by atoms with Gasteiger partial charge >= 0.3 is 0 Å². The van der Waals surface area contributed by atoms with Crippen LogP contribution in [0.4, 0.5) is 0 Å². The van der Waals surface area contributed by atoms with Gasteiger partial charge in [-0.05, 0) is 35.9 Å². The van der Waals surface area contributed by atoms with Crippen molar-refractivity contribution < 1.29 is 9.84 Å². The van der Waals surface area contributed by atoms with Gasteiger partial charge in [0.15, 0.2) is 0 Å². The molecular formula is C19H15BrN2O2. The number of nitrogens with one attached hydrogen (secondary N) is 1. The normalized spacial score (nSPS) is 11.2. The van der Waals surface area contributed by atoms with E-state index in [4.69, 9.17) is 4.74 Å². The Morgan fingerprint density at radius 3 is 2.83 bits per heavy atom. The predicted molar refractivity (Wildman–Crippen MR) is 98.8 cm³/mol. The number of hydrogen-bond acceptors (Lipinski definition) is 3. The van der Waals surface area contributed by atoms with Crippen LogP contribution in [0, 0.1) is 0 Å². The lowest BCUT2D eigenvalue weighted by Crippen LogP contribution is -1.93. The molecule has 0 saturated carbocycles. The predicted octanol–water partition coefficient (Wildman–Crippen LogP) is 4.78. The minimum atomic E-state index is 0.0546. The van der Waals surface area contributed by atoms with Crippen molar-refractivity contribution in [2.24, 2.45) is 0 Å². The summed E-state index contributed by atoms with van der Waals surface area (Å²) in [4.78, 5) is 7.73. The second-order valence-electron chi connectivity index (χ2n) is 5.70. The molecule has 0 bridgehead atoms. The van der Waals surface area contributed by atoms with Crippen LogP contribution in [0.1, 0.15) is 11.3 Å². The molecule has 2 N–H and O–H groups in total. The van der Waals surface area contributed by atoms with Crippen LogP contribution in [0.3, 0.4) is 0 Å². The summed E-state index contributed by atoms with van der Waals surface area (Å²) in [5.74, 6) is 0.868. The zero-order valence-corrected chi connectivity index (χ0v) is 14.6. The Kier molecular flexibility index (Phi) is 3.65. The van der Waals surface area contributed by atoms with E-state index in [0.717, 1.165) is 43.3 Å². The highest BCUT2D eigenvalue weighted by Gasteiger charge is 2.12. The van der Waals surface area contributed by atoms with Gasteiger partial charge < -0.3 is 14.8 Å². The molecule has 0 spiro atoms. The first-order valence-electron chi connectivity index (χ1n) is 7.57. The molecule has 0 amide bonds. The van der Waals surface area contributed by atoms with Crippen LogP contribution >= 0.6 is 15.9 Å². The summed E-state index contributed by atoms with van der Waals surface area (Å²) >= 11 is 3.47. The number of aromatic amines is 1. The Morgan fingerprint density at radius 2 is 2.00 bits per heavy atom. The van der Waals surface area contributed by atoms with Crippen LogP contribution in [0.15, 0.2) is 53.0 Å². The highest BCUT2D eigenvalue weighted by molar-refractivity contribution is 9.10. The largest absolute Gasteiger partial charge is 0.497 e. The Labute approximate surface area is 147 Å². The Hall–Kier alpha value is -2.53. The van der Waals surface area contributed by atoms with Crippen molar-refractivity contribution in [1.82, 2.24) is 9.97 Å². The van der Waals surface area contributed by atoms with Gasteiger partial charge in [-0.2, -0.15) is 0 Å². The maximum absolute atomic E-state index is 10.4. The molecule has 0 aliphatic rings. The van der Waals surface area contributed by atoms with E-state index >= 15 is 0 Å². The maximum atomic E-state index is 10.4. The monoisotopic (exact) mass is 382 g/mol. The van der Waals surface area contributed by atoms with E-state index < -0.39 is 0 Å². The molecule has 0 unspecified atom stereocenters. The summed E-state index contributed by atoms with van der Waals surface area (Å²) in [6.07, 6.45) is 0.625. The van der Waals surface area contributed by atoms with Gasteiger partial charge in [0.25, 0.3) is 0 Å². The van der Waals surface area contributed by atoms with Crippen LogP contribution in [-0.2, 0) is 6.42 Å². The van der Waals surface area contributed by atoms with E-state index in [1.54, 1.807) is 7.11 Å². The van der Waals surface area contributed by atoms with Crippen LogP contribution in [0.5, 0.6) is 11.6 Å². The Balaban J connectivity index is 1.81. The first-order valence-corrected chi connectivity index (χ1v) is 8.36. The smallest absolute Gasteiger partial charge is 0.221 e. The van der Waals surface area contributed by atoms with Crippen molar-refractivity contribution in [2.45, 2.75) is 6.42 Å². The van der Waals surface area contributed by atoms with Gasteiger partial charge in [0, 0.05) is 21.8 Å². The zero-order chi connectivity index (χ0) is 16.7. The molecule has 5 heteroatoms. The summed E-state index contributed by atoms with van der Waals surface area (Å²) in [5.41, 5.74) is 3.74. The molecule has 2 aromatic carbocycles. The van der Waals surface area contributed by atoms with Gasteiger partial charge in [0.05, 0.1) is 23.7 Å².